The lowest BCUT2D eigenvalue weighted by Gasteiger charge is -2.16. The van der Waals surface area contributed by atoms with Crippen LogP contribution >= 0.6 is 0 Å². The minimum absolute atomic E-state index is 0.00536. The monoisotopic (exact) mass is 443 g/mol. The summed E-state index contributed by atoms with van der Waals surface area (Å²) in [6.07, 6.45) is 1.27. The molecule has 0 N–H and O–H groups in total. The minimum atomic E-state index is -3.33. The van der Waals surface area contributed by atoms with E-state index in [1.54, 1.807) is 26.0 Å². The van der Waals surface area contributed by atoms with E-state index in [-0.39, 0.29) is 35.7 Å². The number of carbonyl (C=O) groups is 2. The topological polar surface area (TPSA) is 80.7 Å². The van der Waals surface area contributed by atoms with Crippen LogP contribution in [0.5, 0.6) is 0 Å². The van der Waals surface area contributed by atoms with Gasteiger partial charge in [-0.2, -0.15) is 0 Å². The largest absolute Gasteiger partial charge is 0.465 e. The molecule has 0 aliphatic carbocycles. The average Bonchev–Trinajstić information content (AvgIpc) is 3.11. The summed E-state index contributed by atoms with van der Waals surface area (Å²) >= 11 is 0. The number of carbonyl (C=O) groups excluding carboxylic acids is 2. The van der Waals surface area contributed by atoms with Gasteiger partial charge in [0.05, 0.1) is 23.2 Å². The first-order chi connectivity index (χ1) is 14.8. The Morgan fingerprint density at radius 2 is 1.74 bits per heavy atom. The third kappa shape index (κ3) is 6.17. The summed E-state index contributed by atoms with van der Waals surface area (Å²) in [6.45, 7) is 4.75. The first-order valence-corrected chi connectivity index (χ1v) is 12.1. The Hall–Kier alpha value is -2.67. The highest BCUT2D eigenvalue weighted by atomic mass is 32.2. The van der Waals surface area contributed by atoms with E-state index in [1.165, 1.54) is 17.7 Å². The second-order valence-corrected chi connectivity index (χ2v) is 10.7. The number of likely N-dealkylation sites (tertiary alicyclic amines) is 1. The molecule has 1 atom stereocenters. The quantitative estimate of drug-likeness (QED) is 0.557. The molecule has 0 bridgehead atoms. The van der Waals surface area contributed by atoms with Crippen LogP contribution in [-0.4, -0.2) is 50.1 Å². The van der Waals surface area contributed by atoms with Crippen LogP contribution in [0.1, 0.15) is 31.4 Å². The number of esters is 1. The highest BCUT2D eigenvalue weighted by Gasteiger charge is 2.30. The van der Waals surface area contributed by atoms with Gasteiger partial charge >= 0.3 is 5.97 Å². The van der Waals surface area contributed by atoms with E-state index in [2.05, 4.69) is 0 Å². The molecule has 1 fully saturated rings. The van der Waals surface area contributed by atoms with E-state index in [9.17, 15) is 18.0 Å². The Morgan fingerprint density at radius 1 is 1.06 bits per heavy atom. The number of ether oxygens (including phenoxy) is 1. The standard InChI is InChI=1S/C24H29NO5S/c1-18(2)31(28,29)22-10-8-20(9-11-22)15-24(27)30-17-21-14-23(26)25(16-21)13-12-19-6-4-3-5-7-19/h3-11,18,21H,12-17H2,1-2H3/t21-/m1/s1. The van der Waals surface area contributed by atoms with Gasteiger partial charge in [0.2, 0.25) is 5.91 Å². The van der Waals surface area contributed by atoms with Crippen LogP contribution in [0.25, 0.3) is 0 Å². The maximum absolute atomic E-state index is 12.2. The number of hydrogen-bond donors (Lipinski definition) is 0. The minimum Gasteiger partial charge on any atom is -0.465 e. The van der Waals surface area contributed by atoms with Crippen molar-refractivity contribution in [3.05, 3.63) is 65.7 Å². The third-order valence-electron chi connectivity index (χ3n) is 5.51. The number of rotatable bonds is 9. The lowest BCUT2D eigenvalue weighted by molar-refractivity contribution is -0.144. The molecule has 0 unspecified atom stereocenters. The van der Waals surface area contributed by atoms with E-state index < -0.39 is 15.1 Å². The van der Waals surface area contributed by atoms with Gasteiger partial charge in [0, 0.05) is 25.4 Å². The molecule has 0 spiro atoms. The average molecular weight is 444 g/mol. The van der Waals surface area contributed by atoms with Crippen LogP contribution in [0.15, 0.2) is 59.5 Å². The summed E-state index contributed by atoms with van der Waals surface area (Å²) in [6, 6.07) is 16.4. The lowest BCUT2D eigenvalue weighted by Crippen LogP contribution is -2.28. The molecule has 1 aliphatic rings. The van der Waals surface area contributed by atoms with Crippen LogP contribution in [0, 0.1) is 5.92 Å². The SMILES string of the molecule is CC(C)S(=O)(=O)c1ccc(CC(=O)OC[C@@H]2CC(=O)N(CCc3ccccc3)C2)cc1. The molecular weight excluding hydrogens is 414 g/mol. The smallest absolute Gasteiger partial charge is 0.310 e. The van der Waals surface area contributed by atoms with Crippen LogP contribution in [0.4, 0.5) is 0 Å². The second-order valence-electron chi connectivity index (χ2n) is 8.24. The zero-order valence-corrected chi connectivity index (χ0v) is 18.8. The molecule has 2 aromatic rings. The molecule has 0 radical (unpaired) electrons. The van der Waals surface area contributed by atoms with Crippen molar-refractivity contribution < 1.29 is 22.7 Å². The molecule has 31 heavy (non-hydrogen) atoms. The fourth-order valence-corrected chi connectivity index (χ4v) is 4.65. The number of sulfone groups is 1. The number of hydrogen-bond acceptors (Lipinski definition) is 5. The molecule has 3 rings (SSSR count). The molecule has 0 saturated carbocycles. The third-order valence-corrected chi connectivity index (χ3v) is 7.68. The first kappa shape index (κ1) is 23.0. The Kier molecular flexibility index (Phi) is 7.49. The van der Waals surface area contributed by atoms with Gasteiger partial charge in [-0.3, -0.25) is 9.59 Å². The van der Waals surface area contributed by atoms with E-state index in [1.807, 2.05) is 35.2 Å². The van der Waals surface area contributed by atoms with E-state index in [0.29, 0.717) is 25.1 Å². The first-order valence-electron chi connectivity index (χ1n) is 10.6. The molecule has 1 heterocycles. The summed E-state index contributed by atoms with van der Waals surface area (Å²) < 4.78 is 29.7. The van der Waals surface area contributed by atoms with Crippen molar-refractivity contribution in [1.29, 1.82) is 0 Å². The summed E-state index contributed by atoms with van der Waals surface area (Å²) in [5, 5.41) is -0.496. The lowest BCUT2D eigenvalue weighted by atomic mass is 10.1. The van der Waals surface area contributed by atoms with E-state index >= 15 is 0 Å². The summed E-state index contributed by atoms with van der Waals surface area (Å²) in [7, 11) is -3.33. The molecule has 0 aromatic heterocycles. The molecule has 1 saturated heterocycles. The van der Waals surface area contributed by atoms with Gasteiger partial charge in [0.15, 0.2) is 9.84 Å². The predicted molar refractivity (Wildman–Crippen MR) is 118 cm³/mol. The van der Waals surface area contributed by atoms with Crippen LogP contribution in [-0.2, 0) is 37.0 Å². The maximum atomic E-state index is 12.2. The molecule has 2 aromatic carbocycles. The highest BCUT2D eigenvalue weighted by Crippen LogP contribution is 2.20. The molecule has 6 nitrogen and oxygen atoms in total. The van der Waals surface area contributed by atoms with Crippen LogP contribution in [0.2, 0.25) is 0 Å². The fourth-order valence-electron chi connectivity index (χ4n) is 3.59. The zero-order valence-electron chi connectivity index (χ0n) is 18.0. The van der Waals surface area contributed by atoms with E-state index in [0.717, 1.165) is 6.42 Å². The van der Waals surface area contributed by atoms with Gasteiger partial charge in [-0.1, -0.05) is 42.5 Å². The molecule has 166 valence electrons. The Morgan fingerprint density at radius 3 is 2.39 bits per heavy atom. The molecule has 1 amide bonds. The number of amides is 1. The van der Waals surface area contributed by atoms with Gasteiger partial charge in [-0.15, -0.1) is 0 Å². The highest BCUT2D eigenvalue weighted by molar-refractivity contribution is 7.92. The zero-order chi connectivity index (χ0) is 22.4. The van der Waals surface area contributed by atoms with Gasteiger partial charge in [-0.25, -0.2) is 8.42 Å². The van der Waals surface area contributed by atoms with Gasteiger partial charge in [0.25, 0.3) is 0 Å². The summed E-state index contributed by atoms with van der Waals surface area (Å²) in [4.78, 5) is 26.5. The van der Waals surface area contributed by atoms with Gasteiger partial charge < -0.3 is 9.64 Å². The summed E-state index contributed by atoms with van der Waals surface area (Å²) in [5.74, 6) is -0.278. The number of nitrogens with zero attached hydrogens (tertiary/aromatic N) is 1. The summed E-state index contributed by atoms with van der Waals surface area (Å²) in [5.41, 5.74) is 1.89. The molecule has 1 aliphatic heterocycles. The number of benzene rings is 2. The predicted octanol–water partition coefficient (Wildman–Crippen LogP) is 3.05. The Labute approximate surface area is 184 Å². The van der Waals surface area contributed by atoms with Crippen molar-refractivity contribution in [3.63, 3.8) is 0 Å². The van der Waals surface area contributed by atoms with Crippen molar-refractivity contribution in [2.45, 2.75) is 43.3 Å². The van der Waals surface area contributed by atoms with Crippen molar-refractivity contribution in [1.82, 2.24) is 4.90 Å². The normalized spacial score (nSPS) is 16.7. The van der Waals surface area contributed by atoms with Crippen molar-refractivity contribution in [2.24, 2.45) is 5.92 Å². The molecular formula is C24H29NO5S. The van der Waals surface area contributed by atoms with Gasteiger partial charge in [0.1, 0.15) is 0 Å². The van der Waals surface area contributed by atoms with Crippen molar-refractivity contribution in [3.8, 4) is 0 Å². The van der Waals surface area contributed by atoms with E-state index in [4.69, 9.17) is 4.74 Å². The maximum Gasteiger partial charge on any atom is 0.310 e. The van der Waals surface area contributed by atoms with Crippen LogP contribution in [0.3, 0.4) is 0 Å². The van der Waals surface area contributed by atoms with Crippen LogP contribution < -0.4 is 0 Å². The van der Waals surface area contributed by atoms with Gasteiger partial charge in [-0.05, 0) is 43.5 Å². The molecule has 7 heteroatoms. The Bertz CT molecular complexity index is 1000. The second kappa shape index (κ2) is 10.1. The fraction of sp³-hybridized carbons (Fsp3) is 0.417. The van der Waals surface area contributed by atoms with Crippen molar-refractivity contribution >= 4 is 21.7 Å². The Balaban J connectivity index is 1.44. The van der Waals surface area contributed by atoms with Crippen molar-refractivity contribution in [2.75, 3.05) is 19.7 Å².